The van der Waals surface area contributed by atoms with Gasteiger partial charge in [-0.2, -0.15) is 0 Å². The number of benzene rings is 1. The van der Waals surface area contributed by atoms with Crippen LogP contribution in [0.25, 0.3) is 10.2 Å². The van der Waals surface area contributed by atoms with Crippen molar-refractivity contribution in [3.63, 3.8) is 0 Å². The number of carbonyl (C=O) groups excluding carboxylic acids is 2. The highest BCUT2D eigenvalue weighted by molar-refractivity contribution is 7.16. The smallest absolute Gasteiger partial charge is 0.250 e. The Bertz CT molecular complexity index is 1090. The van der Waals surface area contributed by atoms with Crippen LogP contribution in [-0.4, -0.2) is 47.0 Å². The number of carbonyl (C=O) groups is 2. The molecule has 1 saturated heterocycles. The molecule has 30 heavy (non-hydrogen) atoms. The minimum atomic E-state index is -0.492. The number of nitrogens with zero attached hydrogens (tertiary/aromatic N) is 3. The number of nitrogens with two attached hydrogens (primary N) is 1. The van der Waals surface area contributed by atoms with Crippen molar-refractivity contribution >= 4 is 39.2 Å². The summed E-state index contributed by atoms with van der Waals surface area (Å²) in [6.07, 6.45) is 2.97. The number of aromatic nitrogens is 2. The molecule has 3 heterocycles. The molecule has 3 aromatic rings. The number of fused-ring (bicyclic) bond motifs is 1. The van der Waals surface area contributed by atoms with Crippen LogP contribution >= 0.6 is 11.3 Å². The number of para-hydroxylation sites is 1. The van der Waals surface area contributed by atoms with Crippen molar-refractivity contribution in [3.05, 3.63) is 47.6 Å². The Kier molecular flexibility index (Phi) is 4.74. The van der Waals surface area contributed by atoms with E-state index in [1.165, 1.54) is 6.20 Å². The second-order valence-corrected chi connectivity index (χ2v) is 8.63. The van der Waals surface area contributed by atoms with Gasteiger partial charge < -0.3 is 20.7 Å². The molecular formula is C21H21N5O3S. The molecule has 0 radical (unpaired) electrons. The first-order chi connectivity index (χ1) is 14.6. The molecule has 2 aliphatic rings. The first kappa shape index (κ1) is 18.8. The molecular weight excluding hydrogens is 402 g/mol. The first-order valence-corrected chi connectivity index (χ1v) is 10.7. The van der Waals surface area contributed by atoms with Crippen molar-refractivity contribution in [2.45, 2.75) is 25.0 Å². The fraction of sp³-hybridized carbons (Fsp3) is 0.333. The number of nitrogens with one attached hydrogen (secondary N) is 1. The summed E-state index contributed by atoms with van der Waals surface area (Å²) in [5.41, 5.74) is 8.33. The van der Waals surface area contributed by atoms with Crippen LogP contribution in [0.4, 0.5) is 5.82 Å². The third-order valence-corrected chi connectivity index (χ3v) is 6.46. The van der Waals surface area contributed by atoms with Crippen molar-refractivity contribution in [2.24, 2.45) is 11.7 Å². The average molecular weight is 423 g/mol. The zero-order valence-corrected chi connectivity index (χ0v) is 17.0. The van der Waals surface area contributed by atoms with Crippen molar-refractivity contribution in [3.8, 4) is 5.75 Å². The van der Waals surface area contributed by atoms with E-state index in [1.807, 2.05) is 23.7 Å². The highest BCUT2D eigenvalue weighted by Gasteiger charge is 2.38. The van der Waals surface area contributed by atoms with E-state index in [2.05, 4.69) is 20.2 Å². The highest BCUT2D eigenvalue weighted by Crippen LogP contribution is 2.35. The third kappa shape index (κ3) is 3.56. The maximum absolute atomic E-state index is 12.5. The van der Waals surface area contributed by atoms with Gasteiger partial charge in [-0.25, -0.2) is 9.97 Å². The number of hydrogen-bond donors (Lipinski definition) is 2. The number of primary amides is 1. The molecule has 0 spiro atoms. The number of ether oxygens (including phenoxy) is 1. The highest BCUT2D eigenvalue weighted by atomic mass is 32.1. The minimum Gasteiger partial charge on any atom is -0.488 e. The molecule has 2 fully saturated rings. The summed E-state index contributed by atoms with van der Waals surface area (Å²) in [6.45, 7) is 1.40. The maximum atomic E-state index is 12.5. The largest absolute Gasteiger partial charge is 0.488 e. The predicted octanol–water partition coefficient (Wildman–Crippen LogP) is 1.95. The molecule has 2 aromatic heterocycles. The van der Waals surface area contributed by atoms with Gasteiger partial charge in [-0.3, -0.25) is 9.59 Å². The summed E-state index contributed by atoms with van der Waals surface area (Å²) >= 11 is 1.59. The van der Waals surface area contributed by atoms with Crippen molar-refractivity contribution in [1.29, 1.82) is 0 Å². The molecule has 0 atom stereocenters. The molecule has 0 unspecified atom stereocenters. The number of pyridine rings is 1. The summed E-state index contributed by atoms with van der Waals surface area (Å²) in [5.74, 6) is 1.16. The molecule has 1 aromatic carbocycles. The standard InChI is InChI=1S/C21H21N5O3S/c22-20(27)12-4-5-18(23-8-12)26-9-14(10-26)25-21(28)13-6-15(7-13)29-16-2-1-3-17-19(16)24-11-30-17/h1-5,8,11,13-15H,6-7,9-10H2,(H2,22,27)(H,25,28)/t13-,15-. The molecule has 8 nitrogen and oxygen atoms in total. The zero-order chi connectivity index (χ0) is 20.7. The van der Waals surface area contributed by atoms with Crippen molar-refractivity contribution in [1.82, 2.24) is 15.3 Å². The van der Waals surface area contributed by atoms with Gasteiger partial charge in [0.15, 0.2) is 0 Å². The van der Waals surface area contributed by atoms with E-state index in [0.29, 0.717) is 18.7 Å². The summed E-state index contributed by atoms with van der Waals surface area (Å²) < 4.78 is 7.17. The van der Waals surface area contributed by atoms with Crippen molar-refractivity contribution in [2.75, 3.05) is 18.0 Å². The molecule has 154 valence electrons. The number of thiazole rings is 1. The Morgan fingerprint density at radius 3 is 2.73 bits per heavy atom. The van der Waals surface area contributed by atoms with Gasteiger partial charge in [0.2, 0.25) is 11.8 Å². The van der Waals surface area contributed by atoms with Crippen LogP contribution in [0.1, 0.15) is 23.2 Å². The molecule has 0 bridgehead atoms. The Morgan fingerprint density at radius 2 is 2.00 bits per heavy atom. The Labute approximate surface area is 177 Å². The van der Waals surface area contributed by atoms with Crippen LogP contribution in [0, 0.1) is 5.92 Å². The minimum absolute atomic E-state index is 0.00772. The monoisotopic (exact) mass is 423 g/mol. The molecule has 9 heteroatoms. The second-order valence-electron chi connectivity index (χ2n) is 7.74. The van der Waals surface area contributed by atoms with Gasteiger partial charge >= 0.3 is 0 Å². The average Bonchev–Trinajstić information content (AvgIpc) is 3.16. The molecule has 5 rings (SSSR count). The van der Waals surface area contributed by atoms with Crippen LogP contribution < -0.4 is 20.7 Å². The topological polar surface area (TPSA) is 110 Å². The van der Waals surface area contributed by atoms with Crippen LogP contribution in [0.5, 0.6) is 5.75 Å². The molecule has 1 aliphatic heterocycles. The van der Waals surface area contributed by atoms with Gasteiger partial charge in [-0.1, -0.05) is 6.07 Å². The molecule has 1 saturated carbocycles. The fourth-order valence-corrected chi connectivity index (χ4v) is 4.50. The Balaban J connectivity index is 1.07. The van der Waals surface area contributed by atoms with Gasteiger partial charge in [0.05, 0.1) is 21.8 Å². The van der Waals surface area contributed by atoms with E-state index >= 15 is 0 Å². The van der Waals surface area contributed by atoms with Gasteiger partial charge in [-0.15, -0.1) is 11.3 Å². The lowest BCUT2D eigenvalue weighted by atomic mass is 9.81. The van der Waals surface area contributed by atoms with E-state index in [4.69, 9.17) is 10.5 Å². The Morgan fingerprint density at radius 1 is 1.17 bits per heavy atom. The van der Waals surface area contributed by atoms with Crippen LogP contribution in [0.2, 0.25) is 0 Å². The lowest BCUT2D eigenvalue weighted by Crippen LogP contribution is -2.61. The summed E-state index contributed by atoms with van der Waals surface area (Å²) in [4.78, 5) is 34.3. The first-order valence-electron chi connectivity index (χ1n) is 9.87. The van der Waals surface area contributed by atoms with Crippen molar-refractivity contribution < 1.29 is 14.3 Å². The molecule has 1 aliphatic carbocycles. The second kappa shape index (κ2) is 7.56. The van der Waals surface area contributed by atoms with E-state index < -0.39 is 5.91 Å². The van der Waals surface area contributed by atoms with E-state index in [1.54, 1.807) is 23.5 Å². The van der Waals surface area contributed by atoms with E-state index in [0.717, 1.165) is 34.6 Å². The summed E-state index contributed by atoms with van der Waals surface area (Å²) in [7, 11) is 0. The number of amides is 2. The van der Waals surface area contributed by atoms with E-state index in [9.17, 15) is 9.59 Å². The molecule has 2 amide bonds. The summed E-state index contributed by atoms with van der Waals surface area (Å²) in [6, 6.07) is 9.48. The number of hydrogen-bond acceptors (Lipinski definition) is 7. The van der Waals surface area contributed by atoms with Gasteiger partial charge in [0.1, 0.15) is 23.2 Å². The lowest BCUT2D eigenvalue weighted by molar-refractivity contribution is -0.131. The van der Waals surface area contributed by atoms with E-state index in [-0.39, 0.29) is 24.0 Å². The predicted molar refractivity (Wildman–Crippen MR) is 114 cm³/mol. The van der Waals surface area contributed by atoms with Crippen LogP contribution in [0.3, 0.4) is 0 Å². The lowest BCUT2D eigenvalue weighted by Gasteiger charge is -2.42. The van der Waals surface area contributed by atoms with Gasteiger partial charge in [0.25, 0.3) is 0 Å². The number of anilines is 1. The van der Waals surface area contributed by atoms with Crippen LogP contribution in [-0.2, 0) is 4.79 Å². The van der Waals surface area contributed by atoms with Crippen LogP contribution in [0.15, 0.2) is 42.0 Å². The molecule has 3 N–H and O–H groups in total. The normalized spacial score (nSPS) is 21.0. The Hall–Kier alpha value is -3.20. The quantitative estimate of drug-likeness (QED) is 0.627. The maximum Gasteiger partial charge on any atom is 0.250 e. The number of rotatable bonds is 6. The third-order valence-electron chi connectivity index (χ3n) is 5.67. The fourth-order valence-electron chi connectivity index (χ4n) is 3.81. The SMILES string of the molecule is NC(=O)c1ccc(N2CC(NC(=O)[C@H]3C[C@H](Oc4cccc5scnc45)C3)C2)nc1. The van der Waals surface area contributed by atoms with Gasteiger partial charge in [0, 0.05) is 25.2 Å². The van der Waals surface area contributed by atoms with Gasteiger partial charge in [-0.05, 0) is 37.1 Å². The summed E-state index contributed by atoms with van der Waals surface area (Å²) in [5, 5.41) is 3.11. The zero-order valence-electron chi connectivity index (χ0n) is 16.2.